The first-order chi connectivity index (χ1) is 44.1. The molecule has 11 rings (SSSR count). The van der Waals surface area contributed by atoms with Crippen LogP contribution < -0.4 is 47.5 Å². The van der Waals surface area contributed by atoms with Crippen LogP contribution in [-0.4, -0.2) is 87.1 Å². The Morgan fingerprint density at radius 1 is 0.602 bits per heavy atom. The van der Waals surface area contributed by atoms with E-state index in [0.717, 1.165) is 63.9 Å². The Kier molecular flexibility index (Phi) is 29.4. The standard InChI is InChI=1S/C25H29ClN4O3S.C14H12ClNO2.C14H15N3O3S.C7H8ClN.C7H5ClO2.CH4/c1-16-7-8-18(13-20(16)26)28-25(33)27-11-2-3-12-34-22-6-4-5-17-14-30(15-19(17)22)21-9-10-23(31)29-24(21)32;1-10-7-8-11(9-13(10)15)16-14(17)18-12-5-3-2-4-6-12;15-7-21-11-3-1-2-8-9(11)6-17(14(8)20)10-4-5-12(18)16-13(10)19;1-5-2-3-6(9)4-7(5)8;8-7(9)10-6-4-2-1-3-5-6;/h4-8,13,21H,2-3,9-12,14-15H2,1H3,(H2,27,28,33)(H,29,31,32);2-9H,1H3,(H,16,17);1-3,10H,4-7,15H2,(H,16,18,19);2-4H,9H2,1H3;1-5H;1H4. The van der Waals surface area contributed by atoms with Gasteiger partial charge in [0.05, 0.1) is 6.04 Å². The maximum Gasteiger partial charge on any atom is 0.417 e. The van der Waals surface area contributed by atoms with Gasteiger partial charge in [0.2, 0.25) is 23.6 Å². The van der Waals surface area contributed by atoms with Crippen molar-refractivity contribution in [2.24, 2.45) is 5.73 Å². The minimum Gasteiger partial charge on any atom is -0.415 e. The highest BCUT2D eigenvalue weighted by molar-refractivity contribution is 7.99. The van der Waals surface area contributed by atoms with Crippen molar-refractivity contribution in [2.75, 3.05) is 34.5 Å². The van der Waals surface area contributed by atoms with Gasteiger partial charge in [-0.15, -0.1) is 23.5 Å². The first-order valence-corrected chi connectivity index (χ1v) is 32.6. The van der Waals surface area contributed by atoms with Crippen molar-refractivity contribution in [1.29, 1.82) is 0 Å². The lowest BCUT2D eigenvalue weighted by Gasteiger charge is -2.29. The number of hydrogen-bond acceptors (Lipinski definition) is 15. The zero-order valence-corrected chi connectivity index (χ0v) is 55.2. The van der Waals surface area contributed by atoms with E-state index in [0.29, 0.717) is 82.4 Å². The van der Waals surface area contributed by atoms with Gasteiger partial charge in [-0.25, -0.2) is 14.4 Å². The Morgan fingerprint density at radius 2 is 1.14 bits per heavy atom. The minimum atomic E-state index is -0.814. The van der Waals surface area contributed by atoms with E-state index in [9.17, 15) is 38.4 Å². The Morgan fingerprint density at radius 3 is 1.69 bits per heavy atom. The van der Waals surface area contributed by atoms with E-state index in [-0.39, 0.29) is 55.5 Å². The number of nitrogens with zero attached hydrogens (tertiary/aromatic N) is 2. The van der Waals surface area contributed by atoms with Crippen molar-refractivity contribution in [1.82, 2.24) is 25.8 Å². The van der Waals surface area contributed by atoms with Gasteiger partial charge in [0.25, 0.3) is 5.91 Å². The molecular weight excluding hydrogens is 1310 g/mol. The van der Waals surface area contributed by atoms with Gasteiger partial charge in [-0.1, -0.05) is 115 Å². The molecule has 2 atom stereocenters. The highest BCUT2D eigenvalue weighted by Gasteiger charge is 2.40. The lowest BCUT2D eigenvalue weighted by atomic mass is 10.0. The van der Waals surface area contributed by atoms with Crippen molar-refractivity contribution in [2.45, 2.75) is 108 Å². The molecule has 25 heteroatoms. The molecule has 0 bridgehead atoms. The van der Waals surface area contributed by atoms with Gasteiger partial charge >= 0.3 is 17.6 Å². The summed E-state index contributed by atoms with van der Waals surface area (Å²) in [5, 5.41) is 15.0. The van der Waals surface area contributed by atoms with Gasteiger partial charge in [0, 0.05) is 104 Å². The van der Waals surface area contributed by atoms with E-state index in [2.05, 4.69) is 54.4 Å². The number of anilines is 3. The fourth-order valence-electron chi connectivity index (χ4n) is 9.64. The molecule has 19 nitrogen and oxygen atoms in total. The minimum absolute atomic E-state index is 0. The molecule has 0 spiro atoms. The number of unbranched alkanes of at least 4 members (excludes halogenated alkanes) is 1. The average Bonchev–Trinajstić information content (AvgIpc) is 1.65. The highest BCUT2D eigenvalue weighted by Crippen LogP contribution is 2.36. The van der Waals surface area contributed by atoms with E-state index < -0.39 is 17.6 Å². The zero-order chi connectivity index (χ0) is 66.3. The molecule has 0 aliphatic carbocycles. The van der Waals surface area contributed by atoms with Crippen LogP contribution in [-0.2, 0) is 38.8 Å². The van der Waals surface area contributed by atoms with E-state index in [4.69, 9.17) is 62.6 Å². The monoisotopic (exact) mass is 1380 g/mol. The van der Waals surface area contributed by atoms with E-state index in [1.165, 1.54) is 27.8 Å². The molecule has 4 heterocycles. The number of nitrogens with two attached hydrogens (primary N) is 2. The molecule has 0 aromatic heterocycles. The molecule has 4 aliphatic rings. The smallest absolute Gasteiger partial charge is 0.415 e. The number of imide groups is 2. The number of piperidine rings is 2. The number of thioether (sulfide) groups is 2. The van der Waals surface area contributed by atoms with Gasteiger partial charge < -0.3 is 36.5 Å². The summed E-state index contributed by atoms with van der Waals surface area (Å²) in [6.07, 6.45) is 2.94. The highest BCUT2D eigenvalue weighted by atomic mass is 35.5. The Hall–Kier alpha value is -8.12. The number of rotatable bonds is 14. The summed E-state index contributed by atoms with van der Waals surface area (Å²) in [5.41, 5.74) is 19.3. The molecule has 2 unspecified atom stereocenters. The van der Waals surface area contributed by atoms with Crippen molar-refractivity contribution >= 4 is 134 Å². The second kappa shape index (κ2) is 36.9. The van der Waals surface area contributed by atoms with Crippen molar-refractivity contribution in [3.05, 3.63) is 206 Å². The van der Waals surface area contributed by atoms with E-state index in [1.807, 2.05) is 87.1 Å². The van der Waals surface area contributed by atoms with Gasteiger partial charge in [0.1, 0.15) is 17.5 Å². The first-order valence-electron chi connectivity index (χ1n) is 29.1. The summed E-state index contributed by atoms with van der Waals surface area (Å²) in [4.78, 5) is 99.1. The molecule has 0 saturated carbocycles. The third-order valence-corrected chi connectivity index (χ3v) is 17.8. The number of ether oxygens (including phenoxy) is 2. The van der Waals surface area contributed by atoms with Crippen LogP contribution in [0.3, 0.4) is 0 Å². The quantitative estimate of drug-likeness (QED) is 0.0133. The van der Waals surface area contributed by atoms with Crippen LogP contribution in [0.25, 0.3) is 0 Å². The average molecular weight is 1380 g/mol. The number of fused-ring (bicyclic) bond motifs is 2. The predicted molar refractivity (Wildman–Crippen MR) is 370 cm³/mol. The zero-order valence-electron chi connectivity index (χ0n) is 50.5. The number of carbonyl (C=O) groups is 8. The summed E-state index contributed by atoms with van der Waals surface area (Å²) in [5.74, 6) is 1.16. The molecule has 8 amide bonds. The third-order valence-electron chi connectivity index (χ3n) is 14.4. The summed E-state index contributed by atoms with van der Waals surface area (Å²) in [7, 11) is 0. The largest absolute Gasteiger partial charge is 0.417 e. The maximum atomic E-state index is 12.5. The second-order valence-electron chi connectivity index (χ2n) is 21.1. The number of benzene rings is 7. The molecule has 7 aromatic carbocycles. The number of amides is 8. The van der Waals surface area contributed by atoms with Crippen LogP contribution >= 0.6 is 69.9 Å². The number of carbonyl (C=O) groups excluding carboxylic acids is 8. The summed E-state index contributed by atoms with van der Waals surface area (Å²) in [6, 6.07) is 44.5. The lowest BCUT2D eigenvalue weighted by Crippen LogP contribution is -2.52. The summed E-state index contributed by atoms with van der Waals surface area (Å²) < 4.78 is 9.64. The van der Waals surface area contributed by atoms with Crippen molar-refractivity contribution < 1.29 is 47.8 Å². The van der Waals surface area contributed by atoms with Gasteiger partial charge in [-0.05, 0) is 164 Å². The molecule has 9 N–H and O–H groups in total. The molecule has 93 heavy (non-hydrogen) atoms. The lowest BCUT2D eigenvalue weighted by molar-refractivity contribution is -0.138. The SMILES string of the molecule is C.Cc1ccc(N)cc1Cl.Cc1ccc(NC(=O)NCCCCSc2cccc3c2CN(C2CCC(=O)NC2=O)C3)cc1Cl.Cc1ccc(NC(=O)Oc2ccccc2)cc1Cl.NCSc1cccc2c1CN(C1CCC(=O)NC1=O)C2=O.O=C(Cl)Oc1ccccc1. The summed E-state index contributed by atoms with van der Waals surface area (Å²) in [6.45, 7) is 8.22. The Balaban J connectivity index is 0.000000200. The topological polar surface area (TPSA) is 274 Å². The number of para-hydroxylation sites is 2. The summed E-state index contributed by atoms with van der Waals surface area (Å²) >= 11 is 26.0. The fraction of sp³-hybridized carbons (Fsp3) is 0.265. The molecule has 4 aliphatic heterocycles. The number of urea groups is 1. The molecular formula is C68H73Cl4N9O10S2. The van der Waals surface area contributed by atoms with Gasteiger partial charge in [0.15, 0.2) is 0 Å². The third kappa shape index (κ3) is 22.8. The van der Waals surface area contributed by atoms with Crippen LogP contribution in [0.1, 0.15) is 89.7 Å². The van der Waals surface area contributed by atoms with Crippen LogP contribution in [0, 0.1) is 20.8 Å². The molecule has 490 valence electrons. The Labute approximate surface area is 569 Å². The maximum absolute atomic E-state index is 12.5. The molecule has 2 fully saturated rings. The molecule has 7 aromatic rings. The van der Waals surface area contributed by atoms with Gasteiger partial charge in [-0.3, -0.25) is 44.8 Å². The van der Waals surface area contributed by atoms with Crippen molar-refractivity contribution in [3.8, 4) is 11.5 Å². The number of aryl methyl sites for hydroxylation is 3. The number of halogens is 4. The van der Waals surface area contributed by atoms with E-state index in [1.54, 1.807) is 83.8 Å². The van der Waals surface area contributed by atoms with Crippen LogP contribution in [0.5, 0.6) is 11.5 Å². The van der Waals surface area contributed by atoms with Gasteiger partial charge in [-0.2, -0.15) is 0 Å². The number of hydrogen-bond donors (Lipinski definition) is 7. The van der Waals surface area contributed by atoms with Crippen LogP contribution in [0.15, 0.2) is 161 Å². The second-order valence-corrected chi connectivity index (χ2v) is 24.8. The molecule has 0 radical (unpaired) electrons. The Bertz CT molecular complexity index is 3780. The van der Waals surface area contributed by atoms with Crippen LogP contribution in [0.2, 0.25) is 15.1 Å². The van der Waals surface area contributed by atoms with Crippen LogP contribution in [0.4, 0.5) is 31.4 Å². The molecule has 2 saturated heterocycles. The fourth-order valence-corrected chi connectivity index (χ4v) is 12.1. The predicted octanol–water partition coefficient (Wildman–Crippen LogP) is 14.5. The van der Waals surface area contributed by atoms with E-state index >= 15 is 0 Å². The number of nitrogen functional groups attached to an aromatic ring is 1. The normalized spacial score (nSPS) is 15.2. The first kappa shape index (κ1) is 73.9. The number of nitrogens with one attached hydrogen (secondary N) is 5. The van der Waals surface area contributed by atoms with Crippen molar-refractivity contribution in [3.63, 3.8) is 0 Å².